The van der Waals surface area contributed by atoms with Gasteiger partial charge in [-0.05, 0) is 54.6 Å². The van der Waals surface area contributed by atoms with Crippen molar-refractivity contribution in [1.29, 1.82) is 0 Å². The number of nitrogens with one attached hydrogen (secondary N) is 2. The maximum absolute atomic E-state index is 11.7. The van der Waals surface area contributed by atoms with Crippen LogP contribution < -0.4 is 9.44 Å². The van der Waals surface area contributed by atoms with Gasteiger partial charge in [0.25, 0.3) is 0 Å². The number of rotatable bonds is 4. The molecule has 0 saturated heterocycles. The molecule has 0 spiro atoms. The summed E-state index contributed by atoms with van der Waals surface area (Å²) in [6, 6.07) is 4.62. The number of carbonyl (C=O) groups excluding carboxylic acids is 1. The summed E-state index contributed by atoms with van der Waals surface area (Å²) in [5, 5.41) is 0.486. The second-order valence-electron chi connectivity index (χ2n) is 3.79. The van der Waals surface area contributed by atoms with Gasteiger partial charge in [-0.2, -0.15) is 8.42 Å². The van der Waals surface area contributed by atoms with Gasteiger partial charge in [0.05, 0.1) is 11.8 Å². The highest BCUT2D eigenvalue weighted by molar-refractivity contribution is 14.1. The number of ether oxygens (including phenoxy) is 1. The summed E-state index contributed by atoms with van der Waals surface area (Å²) < 4.78 is 32.6. The van der Waals surface area contributed by atoms with E-state index in [1.165, 1.54) is 12.1 Å². The Kier molecular flexibility index (Phi) is 5.68. The SMILES string of the molecule is CC(C)OC(=O)NS(=O)(=O)Nc1ccc(Cl)cc1I. The number of amides is 1. The summed E-state index contributed by atoms with van der Waals surface area (Å²) in [6.07, 6.45) is -1.45. The summed E-state index contributed by atoms with van der Waals surface area (Å²) in [5.41, 5.74) is 0.315. The number of halogens is 2. The highest BCUT2D eigenvalue weighted by Crippen LogP contribution is 2.22. The third-order valence-corrected chi connectivity index (χ3v) is 3.79. The largest absolute Gasteiger partial charge is 0.446 e. The lowest BCUT2D eigenvalue weighted by Gasteiger charge is -2.12. The normalized spacial score (nSPS) is 11.2. The fourth-order valence-electron chi connectivity index (χ4n) is 1.09. The molecule has 6 nitrogen and oxygen atoms in total. The number of hydrogen-bond acceptors (Lipinski definition) is 4. The smallest absolute Gasteiger partial charge is 0.422 e. The molecule has 19 heavy (non-hydrogen) atoms. The first-order valence-corrected chi connectivity index (χ1v) is 8.10. The Balaban J connectivity index is 2.77. The molecule has 0 heterocycles. The van der Waals surface area contributed by atoms with Crippen molar-refractivity contribution in [2.75, 3.05) is 4.72 Å². The first-order chi connectivity index (χ1) is 8.69. The fourth-order valence-corrected chi connectivity index (χ4v) is 3.07. The Bertz CT molecular complexity index is 577. The summed E-state index contributed by atoms with van der Waals surface area (Å²) in [6.45, 7) is 3.23. The lowest BCUT2D eigenvalue weighted by Crippen LogP contribution is -2.36. The van der Waals surface area contributed by atoms with Gasteiger partial charge in [-0.15, -0.1) is 0 Å². The molecule has 0 radical (unpaired) electrons. The molecule has 0 aliphatic carbocycles. The van der Waals surface area contributed by atoms with E-state index in [-0.39, 0.29) is 0 Å². The molecular weight excluding hydrogens is 407 g/mol. The first-order valence-electron chi connectivity index (χ1n) is 5.16. The molecule has 0 aliphatic rings. The van der Waals surface area contributed by atoms with Crippen molar-refractivity contribution in [1.82, 2.24) is 4.72 Å². The quantitative estimate of drug-likeness (QED) is 0.737. The van der Waals surface area contributed by atoms with Crippen molar-refractivity contribution in [3.8, 4) is 0 Å². The third-order valence-electron chi connectivity index (χ3n) is 1.74. The summed E-state index contributed by atoms with van der Waals surface area (Å²) in [5.74, 6) is 0. The van der Waals surface area contributed by atoms with E-state index in [0.717, 1.165) is 0 Å². The van der Waals surface area contributed by atoms with Crippen molar-refractivity contribution in [3.63, 3.8) is 0 Å². The van der Waals surface area contributed by atoms with Gasteiger partial charge in [-0.3, -0.25) is 4.72 Å². The Morgan fingerprint density at radius 1 is 1.42 bits per heavy atom. The molecule has 1 amide bonds. The van der Waals surface area contributed by atoms with Crippen LogP contribution in [0.2, 0.25) is 5.02 Å². The molecule has 1 aromatic rings. The van der Waals surface area contributed by atoms with E-state index in [4.69, 9.17) is 11.6 Å². The molecule has 0 unspecified atom stereocenters. The molecule has 0 bridgehead atoms. The van der Waals surface area contributed by atoms with Gasteiger partial charge in [-0.25, -0.2) is 9.52 Å². The molecule has 0 aliphatic heterocycles. The van der Waals surface area contributed by atoms with E-state index in [1.807, 2.05) is 22.6 Å². The highest BCUT2D eigenvalue weighted by atomic mass is 127. The lowest BCUT2D eigenvalue weighted by atomic mass is 10.3. The molecule has 0 saturated carbocycles. The first kappa shape index (κ1) is 16.3. The molecule has 1 rings (SSSR count). The van der Waals surface area contributed by atoms with E-state index in [0.29, 0.717) is 14.3 Å². The third kappa shape index (κ3) is 5.83. The van der Waals surface area contributed by atoms with Crippen LogP contribution in [0.3, 0.4) is 0 Å². The van der Waals surface area contributed by atoms with Crippen molar-refractivity contribution >= 4 is 56.2 Å². The van der Waals surface area contributed by atoms with Gasteiger partial charge in [0.2, 0.25) is 0 Å². The Morgan fingerprint density at radius 3 is 2.58 bits per heavy atom. The van der Waals surface area contributed by atoms with Crippen LogP contribution >= 0.6 is 34.2 Å². The van der Waals surface area contributed by atoms with Crippen LogP contribution in [0.15, 0.2) is 18.2 Å². The molecule has 0 aromatic heterocycles. The predicted molar refractivity (Wildman–Crippen MR) is 81.5 cm³/mol. The van der Waals surface area contributed by atoms with Crippen LogP contribution in [0.4, 0.5) is 10.5 Å². The summed E-state index contributed by atoms with van der Waals surface area (Å²) in [4.78, 5) is 11.2. The molecule has 9 heteroatoms. The van der Waals surface area contributed by atoms with Crippen LogP contribution in [0.1, 0.15) is 13.8 Å². The van der Waals surface area contributed by atoms with E-state index in [1.54, 1.807) is 24.6 Å². The maximum Gasteiger partial charge on any atom is 0.422 e. The number of carbonyl (C=O) groups is 1. The molecule has 0 atom stereocenters. The van der Waals surface area contributed by atoms with Crippen LogP contribution in [0.25, 0.3) is 0 Å². The Labute approximate surface area is 130 Å². The topological polar surface area (TPSA) is 84.5 Å². The molecule has 1 aromatic carbocycles. The molecule has 106 valence electrons. The zero-order chi connectivity index (χ0) is 14.6. The minimum Gasteiger partial charge on any atom is -0.446 e. The lowest BCUT2D eigenvalue weighted by molar-refractivity contribution is 0.121. The van der Waals surface area contributed by atoms with Crippen LogP contribution in [0.5, 0.6) is 0 Å². The van der Waals surface area contributed by atoms with Gasteiger partial charge in [-0.1, -0.05) is 11.6 Å². The maximum atomic E-state index is 11.7. The zero-order valence-electron chi connectivity index (χ0n) is 10.1. The predicted octanol–water partition coefficient (Wildman–Crippen LogP) is 2.74. The van der Waals surface area contributed by atoms with E-state index in [2.05, 4.69) is 9.46 Å². The Hall–Kier alpha value is -0.740. The second-order valence-corrected chi connectivity index (χ2v) is 6.80. The minimum atomic E-state index is -4.04. The van der Waals surface area contributed by atoms with Crippen molar-refractivity contribution in [2.45, 2.75) is 20.0 Å². The second kappa shape index (κ2) is 6.62. The molecular formula is C10H12ClIN2O4S. The van der Waals surface area contributed by atoms with Crippen molar-refractivity contribution < 1.29 is 17.9 Å². The van der Waals surface area contributed by atoms with Crippen LogP contribution in [-0.2, 0) is 14.9 Å². The van der Waals surface area contributed by atoms with Gasteiger partial charge < -0.3 is 4.74 Å². The monoisotopic (exact) mass is 418 g/mol. The van der Waals surface area contributed by atoms with Gasteiger partial charge >= 0.3 is 16.3 Å². The minimum absolute atomic E-state index is 0.315. The number of hydrogen-bond donors (Lipinski definition) is 2. The average Bonchev–Trinajstić information content (AvgIpc) is 2.19. The van der Waals surface area contributed by atoms with Crippen LogP contribution in [0, 0.1) is 3.57 Å². The number of benzene rings is 1. The average molecular weight is 419 g/mol. The Morgan fingerprint density at radius 2 is 2.05 bits per heavy atom. The van der Waals surface area contributed by atoms with Gasteiger partial charge in [0.15, 0.2) is 0 Å². The zero-order valence-corrected chi connectivity index (χ0v) is 13.8. The molecule has 2 N–H and O–H groups in total. The van der Waals surface area contributed by atoms with E-state index in [9.17, 15) is 13.2 Å². The van der Waals surface area contributed by atoms with Crippen molar-refractivity contribution in [3.05, 3.63) is 26.8 Å². The summed E-state index contributed by atoms with van der Waals surface area (Å²) in [7, 11) is -4.04. The highest BCUT2D eigenvalue weighted by Gasteiger charge is 2.17. The van der Waals surface area contributed by atoms with Crippen molar-refractivity contribution in [2.24, 2.45) is 0 Å². The standard InChI is InChI=1S/C10H12ClIN2O4S/c1-6(2)18-10(15)14-19(16,17)13-9-4-3-7(11)5-8(9)12/h3-6,13H,1-2H3,(H,14,15). The molecule has 0 fully saturated rings. The summed E-state index contributed by atoms with van der Waals surface area (Å²) >= 11 is 7.68. The van der Waals surface area contributed by atoms with E-state index < -0.39 is 22.4 Å². The fraction of sp³-hybridized carbons (Fsp3) is 0.300. The van der Waals surface area contributed by atoms with Gasteiger partial charge in [0, 0.05) is 8.59 Å². The van der Waals surface area contributed by atoms with Crippen LogP contribution in [-0.4, -0.2) is 20.6 Å². The van der Waals surface area contributed by atoms with Gasteiger partial charge in [0.1, 0.15) is 0 Å². The van der Waals surface area contributed by atoms with E-state index >= 15 is 0 Å². The number of anilines is 1.